The molecule has 0 aliphatic carbocycles. The predicted molar refractivity (Wildman–Crippen MR) is 90.4 cm³/mol. The van der Waals surface area contributed by atoms with Crippen molar-refractivity contribution in [3.05, 3.63) is 65.4 Å². The van der Waals surface area contributed by atoms with Crippen LogP contribution in [0.4, 0.5) is 17.6 Å². The Kier molecular flexibility index (Phi) is 6.62. The van der Waals surface area contributed by atoms with Crippen molar-refractivity contribution in [3.8, 4) is 16.9 Å². The molecule has 0 aromatic heterocycles. The predicted octanol–water partition coefficient (Wildman–Crippen LogP) is 6.56. The van der Waals surface area contributed by atoms with Gasteiger partial charge in [-0.05, 0) is 36.6 Å². The van der Waals surface area contributed by atoms with Crippen LogP contribution in [-0.4, -0.2) is 0 Å². The van der Waals surface area contributed by atoms with Crippen LogP contribution in [-0.2, 0) is 6.42 Å². The summed E-state index contributed by atoms with van der Waals surface area (Å²) in [6.45, 7) is 3.81. The summed E-state index contributed by atoms with van der Waals surface area (Å²) in [5, 5.41) is 0. The summed E-state index contributed by atoms with van der Waals surface area (Å²) in [6.07, 6.45) is 5.63. The molecular formula is C20H20F4O. The van der Waals surface area contributed by atoms with E-state index in [9.17, 15) is 17.6 Å². The average Bonchev–Trinajstić information content (AvgIpc) is 2.60. The van der Waals surface area contributed by atoms with Gasteiger partial charge in [0, 0.05) is 11.1 Å². The molecule has 134 valence electrons. The molecule has 5 heteroatoms. The monoisotopic (exact) mass is 352 g/mol. The standard InChI is InChI=1S/C20H20F4O/c1-3-5-6-12-25-16-11-10-15(19(23)20(16)24)14-9-8-13(7-4-2)17(21)18(14)22/h6,8-12H,3-5,7H2,1-2H3. The molecule has 2 aromatic carbocycles. The first-order valence-electron chi connectivity index (χ1n) is 8.28. The highest BCUT2D eigenvalue weighted by molar-refractivity contribution is 5.66. The summed E-state index contributed by atoms with van der Waals surface area (Å²) in [6, 6.07) is 5.04. The third-order valence-corrected chi connectivity index (χ3v) is 3.77. The van der Waals surface area contributed by atoms with Crippen molar-refractivity contribution >= 4 is 0 Å². The number of hydrogen-bond acceptors (Lipinski definition) is 1. The second kappa shape index (κ2) is 8.70. The fourth-order valence-corrected chi connectivity index (χ4v) is 2.45. The molecule has 0 saturated carbocycles. The third-order valence-electron chi connectivity index (χ3n) is 3.77. The van der Waals surface area contributed by atoms with Gasteiger partial charge >= 0.3 is 0 Å². The molecule has 0 spiro atoms. The molecule has 0 bridgehead atoms. The van der Waals surface area contributed by atoms with Crippen LogP contribution in [0.5, 0.6) is 5.75 Å². The first kappa shape index (κ1) is 19.0. The van der Waals surface area contributed by atoms with Gasteiger partial charge in [0.15, 0.2) is 23.2 Å². The van der Waals surface area contributed by atoms with E-state index in [0.717, 1.165) is 12.8 Å². The second-order valence-electron chi connectivity index (χ2n) is 5.67. The van der Waals surface area contributed by atoms with Gasteiger partial charge < -0.3 is 4.74 Å². The van der Waals surface area contributed by atoms with Gasteiger partial charge in [-0.1, -0.05) is 38.8 Å². The molecule has 0 heterocycles. The van der Waals surface area contributed by atoms with Crippen molar-refractivity contribution in [1.82, 2.24) is 0 Å². The molecule has 2 rings (SSSR count). The van der Waals surface area contributed by atoms with E-state index in [0.29, 0.717) is 12.8 Å². The minimum Gasteiger partial charge on any atom is -0.462 e. The molecule has 0 unspecified atom stereocenters. The van der Waals surface area contributed by atoms with Crippen molar-refractivity contribution in [2.24, 2.45) is 0 Å². The van der Waals surface area contributed by atoms with Gasteiger partial charge in [0.1, 0.15) is 0 Å². The van der Waals surface area contributed by atoms with Gasteiger partial charge in [0.2, 0.25) is 5.82 Å². The van der Waals surface area contributed by atoms with Crippen LogP contribution in [0.2, 0.25) is 0 Å². The van der Waals surface area contributed by atoms with Gasteiger partial charge in [0.05, 0.1) is 6.26 Å². The molecule has 0 atom stereocenters. The van der Waals surface area contributed by atoms with Gasteiger partial charge in [-0.15, -0.1) is 0 Å². The molecule has 0 N–H and O–H groups in total. The molecule has 0 radical (unpaired) electrons. The molecule has 0 fully saturated rings. The van der Waals surface area contributed by atoms with Gasteiger partial charge in [-0.3, -0.25) is 0 Å². The van der Waals surface area contributed by atoms with Crippen LogP contribution in [0.15, 0.2) is 36.6 Å². The van der Waals surface area contributed by atoms with E-state index in [-0.39, 0.29) is 22.4 Å². The molecule has 0 saturated heterocycles. The van der Waals surface area contributed by atoms with E-state index < -0.39 is 23.3 Å². The molecule has 2 aromatic rings. The minimum absolute atomic E-state index is 0.214. The summed E-state index contributed by atoms with van der Waals surface area (Å²) >= 11 is 0. The maximum absolute atomic E-state index is 14.3. The van der Waals surface area contributed by atoms with Crippen LogP contribution in [0.3, 0.4) is 0 Å². The van der Waals surface area contributed by atoms with E-state index in [4.69, 9.17) is 4.74 Å². The Morgan fingerprint density at radius 1 is 0.800 bits per heavy atom. The average molecular weight is 352 g/mol. The first-order valence-corrected chi connectivity index (χ1v) is 8.28. The maximum Gasteiger partial charge on any atom is 0.201 e. The Morgan fingerprint density at radius 2 is 1.44 bits per heavy atom. The van der Waals surface area contributed by atoms with Crippen molar-refractivity contribution in [2.75, 3.05) is 0 Å². The van der Waals surface area contributed by atoms with E-state index in [1.54, 1.807) is 6.08 Å². The number of aryl methyl sites for hydroxylation is 1. The summed E-state index contributed by atoms with van der Waals surface area (Å²) in [4.78, 5) is 0. The highest BCUT2D eigenvalue weighted by atomic mass is 19.2. The zero-order valence-corrected chi connectivity index (χ0v) is 14.2. The number of unbranched alkanes of at least 4 members (excludes halogenated alkanes) is 1. The Bertz CT molecular complexity index is 769. The minimum atomic E-state index is -1.28. The van der Waals surface area contributed by atoms with Crippen molar-refractivity contribution < 1.29 is 22.3 Å². The van der Waals surface area contributed by atoms with Crippen LogP contribution < -0.4 is 4.74 Å². The molecule has 0 aliphatic rings. The van der Waals surface area contributed by atoms with Crippen LogP contribution in [0.1, 0.15) is 38.7 Å². The lowest BCUT2D eigenvalue weighted by Crippen LogP contribution is -2.00. The fraction of sp³-hybridized carbons (Fsp3) is 0.300. The molecular weight excluding hydrogens is 332 g/mol. The van der Waals surface area contributed by atoms with Gasteiger partial charge in [-0.2, -0.15) is 4.39 Å². The molecule has 25 heavy (non-hydrogen) atoms. The van der Waals surface area contributed by atoms with Crippen molar-refractivity contribution in [1.29, 1.82) is 0 Å². The lowest BCUT2D eigenvalue weighted by molar-refractivity contribution is 0.414. The highest BCUT2D eigenvalue weighted by Crippen LogP contribution is 2.33. The molecule has 0 amide bonds. The smallest absolute Gasteiger partial charge is 0.201 e. The topological polar surface area (TPSA) is 9.23 Å². The number of hydrogen-bond donors (Lipinski definition) is 0. The van der Waals surface area contributed by atoms with Crippen molar-refractivity contribution in [3.63, 3.8) is 0 Å². The number of benzene rings is 2. The Morgan fingerprint density at radius 3 is 2.08 bits per heavy atom. The van der Waals surface area contributed by atoms with Gasteiger partial charge in [0.25, 0.3) is 0 Å². The summed E-state index contributed by atoms with van der Waals surface area (Å²) in [5.41, 5.74) is -0.450. The number of rotatable bonds is 7. The van der Waals surface area contributed by atoms with Crippen molar-refractivity contribution in [2.45, 2.75) is 39.5 Å². The van der Waals surface area contributed by atoms with Crippen LogP contribution in [0.25, 0.3) is 11.1 Å². The largest absolute Gasteiger partial charge is 0.462 e. The zero-order valence-electron chi connectivity index (χ0n) is 14.2. The number of ether oxygens (including phenoxy) is 1. The summed E-state index contributed by atoms with van der Waals surface area (Å²) in [5.74, 6) is -5.03. The molecule has 0 aliphatic heterocycles. The maximum atomic E-state index is 14.3. The zero-order chi connectivity index (χ0) is 18.4. The Balaban J connectivity index is 2.38. The van der Waals surface area contributed by atoms with E-state index in [1.807, 2.05) is 13.8 Å². The second-order valence-corrected chi connectivity index (χ2v) is 5.67. The third kappa shape index (κ3) is 4.21. The number of allylic oxidation sites excluding steroid dienone is 1. The Labute approximate surface area is 144 Å². The first-order chi connectivity index (χ1) is 12.0. The lowest BCUT2D eigenvalue weighted by Gasteiger charge is -2.11. The van der Waals surface area contributed by atoms with E-state index in [2.05, 4.69) is 0 Å². The SMILES string of the molecule is CCCC=COc1ccc(-c2ccc(CCC)c(F)c2F)c(F)c1F. The quantitative estimate of drug-likeness (QED) is 0.405. The van der Waals surface area contributed by atoms with Crippen LogP contribution >= 0.6 is 0 Å². The summed E-state index contributed by atoms with van der Waals surface area (Å²) in [7, 11) is 0. The highest BCUT2D eigenvalue weighted by Gasteiger charge is 2.20. The van der Waals surface area contributed by atoms with E-state index in [1.165, 1.54) is 30.5 Å². The summed E-state index contributed by atoms with van der Waals surface area (Å²) < 4.78 is 61.8. The normalized spacial score (nSPS) is 11.3. The van der Waals surface area contributed by atoms with Crippen LogP contribution in [0, 0.1) is 23.3 Å². The lowest BCUT2D eigenvalue weighted by atomic mass is 10.00. The van der Waals surface area contributed by atoms with Gasteiger partial charge in [-0.25, -0.2) is 13.2 Å². The molecule has 1 nitrogen and oxygen atoms in total. The number of halogens is 4. The fourth-order valence-electron chi connectivity index (χ4n) is 2.45. The Hall–Kier alpha value is -2.30. The van der Waals surface area contributed by atoms with E-state index >= 15 is 0 Å².